The fraction of sp³-hybridized carbons (Fsp3) is 0.0500. The van der Waals surface area contributed by atoms with Gasteiger partial charge in [0.25, 0.3) is 0 Å². The van der Waals surface area contributed by atoms with Crippen LogP contribution in [0.3, 0.4) is 0 Å². The fourth-order valence-electron chi connectivity index (χ4n) is 15.8. The second kappa shape index (κ2) is 38.1. The van der Waals surface area contributed by atoms with Gasteiger partial charge in [0.2, 0.25) is 0 Å². The van der Waals surface area contributed by atoms with Crippen molar-refractivity contribution in [1.82, 2.24) is 0 Å². The van der Waals surface area contributed by atoms with Crippen molar-refractivity contribution in [2.24, 2.45) is 0 Å². The summed E-state index contributed by atoms with van der Waals surface area (Å²) in [6.45, 7) is 9.00. The number of hydrogen-bond donors (Lipinski definition) is 1. The van der Waals surface area contributed by atoms with E-state index in [1.54, 1.807) is 87.5 Å². The van der Waals surface area contributed by atoms with Gasteiger partial charge in [0, 0.05) is 86.8 Å². The van der Waals surface area contributed by atoms with Crippen molar-refractivity contribution >= 4 is 110 Å². The third-order valence-electron chi connectivity index (χ3n) is 22.2. The summed E-state index contributed by atoms with van der Waals surface area (Å²) in [4.78, 5) is 5.24. The first-order chi connectivity index (χ1) is 72.3. The molecule has 4 nitrogen and oxygen atoms in total. The Morgan fingerprint density at radius 2 is 0.417 bits per heavy atom. The van der Waals surface area contributed by atoms with E-state index in [1.165, 1.54) is 33.4 Å². The Morgan fingerprint density at radius 1 is 0.189 bits per heavy atom. The molecule has 21 rings (SSSR count). The van der Waals surface area contributed by atoms with Crippen molar-refractivity contribution in [2.75, 3.05) is 20.0 Å². The second-order valence-corrected chi connectivity index (χ2v) is 33.4. The molecule has 0 aromatic heterocycles. The van der Waals surface area contributed by atoms with Crippen molar-refractivity contribution in [3.05, 3.63) is 520 Å². The third-order valence-corrected chi connectivity index (χ3v) is 23.4. The number of nitrogens with one attached hydrogen (secondary N) is 1. The van der Waals surface area contributed by atoms with Crippen LogP contribution >= 0.6 is 47.8 Å². The summed E-state index contributed by atoms with van der Waals surface area (Å²) in [7, 11) is 0. The van der Waals surface area contributed by atoms with Crippen molar-refractivity contribution in [3.8, 4) is 89.0 Å². The van der Waals surface area contributed by atoms with Crippen LogP contribution in [-0.4, -0.2) is 0 Å². The lowest BCUT2D eigenvalue weighted by Crippen LogP contribution is -2.16. The standard InChI is InChI=1S/C51H40N2.C30H22BrN.C21H19N.C18H12Br2/c1-51(2)49-21-13-12-20-47(49)48-35-34-46(36-50(48)51)53(43-18-10-5-11-19-43)45-32-28-40(29-33-45)38-24-22-37(23-25-38)39-26-30-44(31-27-39)52(41-14-6-3-7-15-41)42-16-8-4-9-17-42;31-27-19-15-25(16-20-27)23-11-13-24(14-12-23)26-17-21-30(22-18-26)32(28-7-3-1-4-8-28)29-9-5-2-6-10-29;1-21(2)19-11-7-6-10-17(19)18-13-12-16(14-20(18)21)22-15-8-4-3-5-9-15;19-17-9-5-15(6-10-17)13-1-2-14(4-3-13)16-7-11-18(20)12-8-16/h3-36H,1-2H3;1-22H;3-14,22H,1-2H3;1-12H/i26D,27D,28D,29D,30D,31D,32D,33D;15D,16D,17D,18D,19D,20D,21D,22D;;5D,6D,7D,8D,9D,10D,11D,12D. The minimum Gasteiger partial charge on any atom is -0.356 e. The Morgan fingerprint density at radius 3 is 0.709 bits per heavy atom. The lowest BCUT2D eigenvalue weighted by Gasteiger charge is -2.28. The highest BCUT2D eigenvalue weighted by Gasteiger charge is 2.37. The van der Waals surface area contributed by atoms with E-state index in [1.807, 2.05) is 176 Å². The minimum atomic E-state index is -0.298. The largest absolute Gasteiger partial charge is 0.356 e. The van der Waals surface area contributed by atoms with E-state index >= 15 is 0 Å². The summed E-state index contributed by atoms with van der Waals surface area (Å²) in [5.41, 5.74) is 20.2. The van der Waals surface area contributed by atoms with Crippen LogP contribution < -0.4 is 20.0 Å². The van der Waals surface area contributed by atoms with Crippen molar-refractivity contribution in [1.29, 1.82) is 0 Å². The molecule has 0 unspecified atom stereocenters. The molecule has 0 saturated heterocycles. The topological polar surface area (TPSA) is 21.8 Å². The van der Waals surface area contributed by atoms with E-state index in [0.29, 0.717) is 67.5 Å². The summed E-state index contributed by atoms with van der Waals surface area (Å²) in [6.07, 6.45) is 0. The number of para-hydroxylation sites is 6. The number of benzene rings is 19. The van der Waals surface area contributed by atoms with E-state index in [-0.39, 0.29) is 220 Å². The van der Waals surface area contributed by atoms with Crippen LogP contribution in [0.25, 0.3) is 89.0 Å². The number of halogens is 3. The predicted molar refractivity (Wildman–Crippen MR) is 550 cm³/mol. The Kier molecular flexibility index (Phi) is 17.9. The van der Waals surface area contributed by atoms with Gasteiger partial charge in [0.05, 0.1) is 32.9 Å². The lowest BCUT2D eigenvalue weighted by molar-refractivity contribution is 0.660. The Labute approximate surface area is 806 Å². The summed E-state index contributed by atoms with van der Waals surface area (Å²) >= 11 is 9.25. The number of rotatable bonds is 17. The van der Waals surface area contributed by atoms with Crippen LogP contribution in [0.5, 0.6) is 0 Å². The van der Waals surface area contributed by atoms with E-state index in [0.717, 1.165) is 22.5 Å². The molecule has 0 fully saturated rings. The SMILES string of the molecule is CC1(C)c2ccccc2-c2ccc(Nc3ccccc3)cc21.[2H]c1c([2H])c(-c2ccc(-c3c([2H])c([2H])c(Br)c([2H])c3[2H])cc2)c([2H])c([2H])c1Br.[2H]c1c([2H])c(-c2ccc(-c3c([2H])c([2H])c(N(c4ccccc4)c4ccccc4)c([2H])c3[2H])cc2)c([2H])c([2H])c1Br.[2H]c1c([2H])c(N(c2ccccc2)c2ccccc2)c([2H])c([2H])c1-c1ccc(-c2c([2H])c([2H])c(N(c3ccccc3)c3ccc4c(c3)C(C)(C)c3ccccc3-4)c([2H])c2[2H])cc1. The van der Waals surface area contributed by atoms with E-state index in [2.05, 4.69) is 172 Å². The van der Waals surface area contributed by atoms with Crippen LogP contribution in [-0.2, 0) is 10.8 Å². The lowest BCUT2D eigenvalue weighted by atomic mass is 9.82. The van der Waals surface area contributed by atoms with Crippen LogP contribution in [0.2, 0.25) is 0 Å². The first kappa shape index (κ1) is 59.6. The monoisotopic (exact) mass is 1850 g/mol. The highest BCUT2D eigenvalue weighted by molar-refractivity contribution is 9.11. The average molecular weight is 1850 g/mol. The van der Waals surface area contributed by atoms with Gasteiger partial charge in [-0.05, 0) is 281 Å². The first-order valence-electron chi connectivity index (χ1n) is 53.1. The number of hydrogen-bond acceptors (Lipinski definition) is 4. The van der Waals surface area contributed by atoms with Gasteiger partial charge >= 0.3 is 0 Å². The van der Waals surface area contributed by atoms with Crippen molar-refractivity contribution in [3.63, 3.8) is 0 Å². The molecule has 0 radical (unpaired) electrons. The summed E-state index contributed by atoms with van der Waals surface area (Å²) in [5, 5.41) is 3.50. The zero-order valence-electron chi connectivity index (χ0n) is 93.3. The molecule has 0 aliphatic heterocycles. The molecule has 0 saturated carbocycles. The number of anilines is 11. The third kappa shape index (κ3) is 18.8. The Balaban J connectivity index is 0.000000142. The quantitative estimate of drug-likeness (QED) is 0.0981. The molecular weight excluding hydrogens is 1740 g/mol. The molecule has 0 heterocycles. The molecule has 0 spiro atoms. The molecule has 614 valence electrons. The van der Waals surface area contributed by atoms with Gasteiger partial charge in [-0.25, -0.2) is 0 Å². The molecule has 2 aliphatic carbocycles. The molecule has 0 amide bonds. The first-order valence-corrected chi connectivity index (χ1v) is 43.5. The van der Waals surface area contributed by atoms with E-state index < -0.39 is 0 Å². The maximum Gasteiger partial charge on any atom is 0.0645 e. The van der Waals surface area contributed by atoms with Gasteiger partial charge in [0.1, 0.15) is 0 Å². The average Bonchev–Trinajstić information content (AvgIpc) is 1.60. The summed E-state index contributed by atoms with van der Waals surface area (Å²) in [6, 6.07) is 102. The van der Waals surface area contributed by atoms with Crippen LogP contribution in [0.1, 0.15) is 82.8 Å². The molecule has 7 heteroatoms. The number of fused-ring (bicyclic) bond motifs is 6. The van der Waals surface area contributed by atoms with E-state index in [4.69, 9.17) is 27.4 Å². The molecule has 127 heavy (non-hydrogen) atoms. The molecular formula is C120H93Br3N4. The molecule has 0 bridgehead atoms. The predicted octanol–water partition coefficient (Wildman–Crippen LogP) is 35.8. The van der Waals surface area contributed by atoms with Crippen LogP contribution in [0, 0.1) is 0 Å². The minimum absolute atomic E-state index is 0.0559. The van der Waals surface area contributed by atoms with Gasteiger partial charge in [-0.2, -0.15) is 0 Å². The van der Waals surface area contributed by atoms with Crippen LogP contribution in [0.4, 0.5) is 62.6 Å². The van der Waals surface area contributed by atoms with Gasteiger partial charge in [-0.3, -0.25) is 0 Å². The van der Waals surface area contributed by atoms with Gasteiger partial charge in [-0.1, -0.05) is 391 Å². The fourth-order valence-corrected chi connectivity index (χ4v) is 16.4. The molecule has 0 atom stereocenters. The van der Waals surface area contributed by atoms with Crippen LogP contribution in [0.15, 0.2) is 498 Å². The molecule has 19 aromatic rings. The summed E-state index contributed by atoms with van der Waals surface area (Å²) in [5.74, 6) is 0. The maximum atomic E-state index is 9.42. The highest BCUT2D eigenvalue weighted by Crippen LogP contribution is 2.53. The van der Waals surface area contributed by atoms with Gasteiger partial charge < -0.3 is 20.0 Å². The second-order valence-electron chi connectivity index (χ2n) is 31.0. The molecule has 1 N–H and O–H groups in total. The molecule has 2 aliphatic rings. The zero-order valence-corrected chi connectivity index (χ0v) is 74.1. The Hall–Kier alpha value is -14.2. The normalized spacial score (nSPS) is 14.7. The Bertz CT molecular complexity index is 8180. The maximum absolute atomic E-state index is 9.42. The van der Waals surface area contributed by atoms with Gasteiger partial charge in [-0.15, -0.1) is 0 Å². The van der Waals surface area contributed by atoms with Gasteiger partial charge in [0.15, 0.2) is 0 Å². The highest BCUT2D eigenvalue weighted by atomic mass is 79.9. The molecule has 19 aromatic carbocycles. The summed E-state index contributed by atoms with van der Waals surface area (Å²) < 4.78 is 207. The zero-order chi connectivity index (χ0) is 108. The van der Waals surface area contributed by atoms with Crippen molar-refractivity contribution in [2.45, 2.75) is 38.5 Å². The van der Waals surface area contributed by atoms with Crippen molar-refractivity contribution < 1.29 is 32.9 Å². The van der Waals surface area contributed by atoms with E-state index in [9.17, 15) is 5.48 Å². The smallest absolute Gasteiger partial charge is 0.0645 e. The number of nitrogens with zero attached hydrogens (tertiary/aromatic N) is 3.